The minimum absolute atomic E-state index is 0.113. The molecule has 4 aliphatic carbocycles. The molecular formula is C27H34N6O. The minimum Gasteiger partial charge on any atom is -0.354 e. The molecule has 8 rings (SSSR count). The monoisotopic (exact) mass is 458 g/mol. The number of anilines is 1. The van der Waals surface area contributed by atoms with Crippen molar-refractivity contribution in [1.29, 1.82) is 0 Å². The van der Waals surface area contributed by atoms with Gasteiger partial charge in [-0.2, -0.15) is 4.98 Å². The third-order valence-electron chi connectivity index (χ3n) is 9.01. The summed E-state index contributed by atoms with van der Waals surface area (Å²) in [6, 6.07) is 10.4. The van der Waals surface area contributed by atoms with Crippen molar-refractivity contribution >= 4 is 11.6 Å². The molecule has 4 saturated carbocycles. The summed E-state index contributed by atoms with van der Waals surface area (Å²) in [6.45, 7) is 4.04. The summed E-state index contributed by atoms with van der Waals surface area (Å²) in [4.78, 5) is 24.7. The van der Waals surface area contributed by atoms with Crippen molar-refractivity contribution in [1.82, 2.24) is 24.5 Å². The summed E-state index contributed by atoms with van der Waals surface area (Å²) in [7, 11) is 0. The first-order valence-electron chi connectivity index (χ1n) is 13.2. The Kier molecular flexibility index (Phi) is 4.83. The van der Waals surface area contributed by atoms with Crippen molar-refractivity contribution < 1.29 is 0 Å². The molecule has 0 amide bonds. The summed E-state index contributed by atoms with van der Waals surface area (Å²) in [5.41, 5.74) is 3.65. The summed E-state index contributed by atoms with van der Waals surface area (Å²) >= 11 is 0. The lowest BCUT2D eigenvalue weighted by molar-refractivity contribution is -0.00930. The number of aromatic amines is 1. The van der Waals surface area contributed by atoms with Gasteiger partial charge in [-0.3, -0.25) is 14.8 Å². The van der Waals surface area contributed by atoms with Crippen LogP contribution >= 0.6 is 0 Å². The number of H-pyrrole nitrogens is 1. The van der Waals surface area contributed by atoms with E-state index in [9.17, 15) is 4.79 Å². The van der Waals surface area contributed by atoms with Crippen molar-refractivity contribution in [2.24, 2.45) is 17.8 Å². The number of fused-ring (bicyclic) bond motifs is 2. The highest BCUT2D eigenvalue weighted by Crippen LogP contribution is 2.60. The molecule has 4 fully saturated rings. The predicted molar refractivity (Wildman–Crippen MR) is 132 cm³/mol. The molecule has 2 N–H and O–H groups in total. The van der Waals surface area contributed by atoms with E-state index < -0.39 is 0 Å². The van der Waals surface area contributed by atoms with Gasteiger partial charge in [0.2, 0.25) is 5.95 Å². The lowest BCUT2D eigenvalue weighted by Gasteiger charge is -2.55. The van der Waals surface area contributed by atoms with E-state index in [1.54, 1.807) is 10.6 Å². The molecule has 2 aromatic heterocycles. The highest BCUT2D eigenvalue weighted by atomic mass is 16.1. The van der Waals surface area contributed by atoms with Gasteiger partial charge < -0.3 is 5.32 Å². The minimum atomic E-state index is -0.119. The topological polar surface area (TPSA) is 78.3 Å². The van der Waals surface area contributed by atoms with E-state index in [1.807, 2.05) is 0 Å². The summed E-state index contributed by atoms with van der Waals surface area (Å²) in [6.07, 6.45) is 10.0. The first-order valence-corrected chi connectivity index (χ1v) is 13.2. The predicted octanol–water partition coefficient (Wildman–Crippen LogP) is 3.75. The van der Waals surface area contributed by atoms with Crippen molar-refractivity contribution in [2.75, 3.05) is 25.0 Å². The molecule has 0 saturated heterocycles. The number of aromatic nitrogens is 4. The number of nitrogens with one attached hydrogen (secondary N) is 2. The Bertz CT molecular complexity index is 1240. The zero-order valence-corrected chi connectivity index (χ0v) is 19.8. The van der Waals surface area contributed by atoms with Crippen LogP contribution in [-0.2, 0) is 18.4 Å². The third kappa shape index (κ3) is 3.56. The van der Waals surface area contributed by atoms with E-state index in [1.165, 1.54) is 49.7 Å². The maximum Gasteiger partial charge on any atom is 0.266 e. The fourth-order valence-electron chi connectivity index (χ4n) is 7.90. The summed E-state index contributed by atoms with van der Waals surface area (Å²) in [5.74, 6) is 4.23. The molecule has 4 bridgehead atoms. The van der Waals surface area contributed by atoms with Gasteiger partial charge in [-0.15, -0.1) is 0 Å². The lowest BCUT2D eigenvalue weighted by Crippen LogP contribution is -2.49. The second kappa shape index (κ2) is 7.94. The van der Waals surface area contributed by atoms with Crippen molar-refractivity contribution in [3.63, 3.8) is 0 Å². The number of benzene rings is 1. The summed E-state index contributed by atoms with van der Waals surface area (Å²) in [5, 5.41) is 6.44. The van der Waals surface area contributed by atoms with E-state index in [2.05, 4.69) is 39.6 Å². The zero-order valence-electron chi connectivity index (χ0n) is 19.8. The highest BCUT2D eigenvalue weighted by molar-refractivity contribution is 5.45. The standard InChI is InChI=1S/C27H34N6O/c34-24-13-23-29-25(27-14-18-10-19(15-27)12-20(11-18)16-27)30-26(33(23)31-24)28-7-3-8-32-9-6-21-4-1-2-5-22(21)17-32/h1-2,4-5,13,18-20H,3,6-12,14-17H2,(H,31,34)(H,28,29,30). The Morgan fingerprint density at radius 1 is 1.03 bits per heavy atom. The Morgan fingerprint density at radius 3 is 2.53 bits per heavy atom. The van der Waals surface area contributed by atoms with Crippen LogP contribution in [0.2, 0.25) is 0 Å². The largest absolute Gasteiger partial charge is 0.354 e. The Labute approximate surface area is 200 Å². The highest BCUT2D eigenvalue weighted by Gasteiger charge is 2.53. The average molecular weight is 459 g/mol. The normalized spacial score (nSPS) is 30.1. The molecule has 0 atom stereocenters. The summed E-state index contributed by atoms with van der Waals surface area (Å²) < 4.78 is 1.74. The molecule has 1 aromatic carbocycles. The molecule has 3 aromatic rings. The molecular weight excluding hydrogens is 424 g/mol. The fourth-order valence-corrected chi connectivity index (χ4v) is 7.90. The van der Waals surface area contributed by atoms with Gasteiger partial charge in [0.1, 0.15) is 5.82 Å². The maximum atomic E-state index is 12.2. The average Bonchev–Trinajstić information content (AvgIpc) is 3.21. The number of hydrogen-bond acceptors (Lipinski definition) is 5. The van der Waals surface area contributed by atoms with Crippen LogP contribution in [0.25, 0.3) is 5.65 Å². The van der Waals surface area contributed by atoms with Crippen molar-refractivity contribution in [2.45, 2.75) is 63.3 Å². The van der Waals surface area contributed by atoms with Gasteiger partial charge in [0.25, 0.3) is 5.56 Å². The van der Waals surface area contributed by atoms with E-state index >= 15 is 0 Å². The SMILES string of the molecule is O=c1cc2nc(C34CC5CC(CC(C5)C3)C4)nc(NCCCN3CCc4ccccc4C3)n2[nH]1. The molecule has 1 aliphatic heterocycles. The first kappa shape index (κ1) is 20.7. The zero-order chi connectivity index (χ0) is 22.7. The second-order valence-electron chi connectivity index (χ2n) is 11.5. The Balaban J connectivity index is 1.08. The maximum absolute atomic E-state index is 12.2. The molecule has 7 heteroatoms. The molecule has 5 aliphatic rings. The molecule has 34 heavy (non-hydrogen) atoms. The van der Waals surface area contributed by atoms with E-state index in [4.69, 9.17) is 9.97 Å². The number of rotatable bonds is 6. The van der Waals surface area contributed by atoms with Crippen molar-refractivity contribution in [3.05, 3.63) is 57.6 Å². The Morgan fingerprint density at radius 2 is 1.76 bits per heavy atom. The number of nitrogens with zero attached hydrogens (tertiary/aromatic N) is 4. The third-order valence-corrected chi connectivity index (χ3v) is 9.01. The molecule has 7 nitrogen and oxygen atoms in total. The van der Waals surface area contributed by atoms with Crippen LogP contribution in [0.4, 0.5) is 5.95 Å². The van der Waals surface area contributed by atoms with Gasteiger partial charge in [-0.1, -0.05) is 24.3 Å². The van der Waals surface area contributed by atoms with Gasteiger partial charge in [-0.25, -0.2) is 9.50 Å². The Hall–Kier alpha value is -2.67. The van der Waals surface area contributed by atoms with Crippen LogP contribution in [-0.4, -0.2) is 44.1 Å². The van der Waals surface area contributed by atoms with E-state index in [0.29, 0.717) is 5.65 Å². The first-order chi connectivity index (χ1) is 16.6. The van der Waals surface area contributed by atoms with Crippen LogP contribution in [0.5, 0.6) is 0 Å². The number of hydrogen-bond donors (Lipinski definition) is 2. The van der Waals surface area contributed by atoms with Gasteiger partial charge in [0.05, 0.1) is 0 Å². The van der Waals surface area contributed by atoms with Crippen LogP contribution < -0.4 is 10.9 Å². The van der Waals surface area contributed by atoms with Gasteiger partial charge in [0.15, 0.2) is 5.65 Å². The second-order valence-corrected chi connectivity index (χ2v) is 11.5. The van der Waals surface area contributed by atoms with Crippen LogP contribution in [0, 0.1) is 17.8 Å². The molecule has 178 valence electrons. The van der Waals surface area contributed by atoms with Crippen LogP contribution in [0.1, 0.15) is 61.9 Å². The van der Waals surface area contributed by atoms with Gasteiger partial charge in [0, 0.05) is 37.7 Å². The molecule has 3 heterocycles. The molecule has 0 radical (unpaired) electrons. The van der Waals surface area contributed by atoms with Gasteiger partial charge >= 0.3 is 0 Å². The van der Waals surface area contributed by atoms with Crippen molar-refractivity contribution in [3.8, 4) is 0 Å². The molecule has 0 spiro atoms. The quantitative estimate of drug-likeness (QED) is 0.550. The van der Waals surface area contributed by atoms with Crippen LogP contribution in [0.15, 0.2) is 35.1 Å². The van der Waals surface area contributed by atoms with Crippen LogP contribution in [0.3, 0.4) is 0 Å². The smallest absolute Gasteiger partial charge is 0.266 e. The fraction of sp³-hybridized carbons (Fsp3) is 0.593. The van der Waals surface area contributed by atoms with E-state index in [-0.39, 0.29) is 11.0 Å². The van der Waals surface area contributed by atoms with Gasteiger partial charge in [-0.05, 0) is 80.2 Å². The van der Waals surface area contributed by atoms with E-state index in [0.717, 1.165) is 68.5 Å². The lowest BCUT2D eigenvalue weighted by atomic mass is 9.49. The molecule has 0 unspecified atom stereocenters.